The molecule has 4 unspecified atom stereocenters. The highest BCUT2D eigenvalue weighted by Crippen LogP contribution is 2.43. The van der Waals surface area contributed by atoms with Crippen LogP contribution in [-0.2, 0) is 19.7 Å². The number of imidazole rings is 1. The number of rotatable bonds is 7. The Balaban J connectivity index is 2.16. The van der Waals surface area contributed by atoms with Crippen molar-refractivity contribution in [1.29, 1.82) is 0 Å². The third kappa shape index (κ3) is 5.70. The van der Waals surface area contributed by atoms with Crippen molar-refractivity contribution in [3.63, 3.8) is 0 Å². The maximum Gasteiger partial charge on any atom is 0.335 e. The highest BCUT2D eigenvalue weighted by molar-refractivity contribution is 6.83. The largest absolute Gasteiger partial charge is 0.414 e. The van der Waals surface area contributed by atoms with Crippen LogP contribution in [0.5, 0.6) is 0 Å². The molecule has 3 heterocycles. The van der Waals surface area contributed by atoms with Crippen LogP contribution in [-0.4, -0.2) is 60.8 Å². The number of nitrogens with zero attached hydrogens (tertiary/aromatic N) is 3. The molecule has 0 spiro atoms. The van der Waals surface area contributed by atoms with E-state index in [1.165, 1.54) is 0 Å². The minimum absolute atomic E-state index is 0.00757. The minimum Gasteiger partial charge on any atom is -0.414 e. The zero-order valence-electron chi connectivity index (χ0n) is 23.5. The molecule has 0 aromatic carbocycles. The van der Waals surface area contributed by atoms with Crippen LogP contribution in [0.4, 0.5) is 0 Å². The van der Waals surface area contributed by atoms with Gasteiger partial charge in [-0.15, -0.1) is 0 Å². The van der Waals surface area contributed by atoms with Crippen molar-refractivity contribution < 1.29 is 18.1 Å². The molecule has 9 nitrogen and oxygen atoms in total. The molecule has 2 bridgehead atoms. The van der Waals surface area contributed by atoms with Gasteiger partial charge in [-0.2, -0.15) is 0 Å². The molecule has 0 amide bonds. The molecule has 11 heteroatoms. The summed E-state index contributed by atoms with van der Waals surface area (Å²) in [7, 11) is -6.21. The van der Waals surface area contributed by atoms with Crippen LogP contribution >= 0.6 is 0 Å². The zero-order valence-corrected chi connectivity index (χ0v) is 25.5. The maximum atomic E-state index is 12.9. The zero-order chi connectivity index (χ0) is 26.8. The summed E-state index contributed by atoms with van der Waals surface area (Å²) in [5.41, 5.74) is 0.735. The summed E-state index contributed by atoms with van der Waals surface area (Å²) >= 11 is 0. The van der Waals surface area contributed by atoms with E-state index in [2.05, 4.69) is 37.7 Å². The third-order valence-corrected chi connectivity index (χ3v) is 17.4. The summed E-state index contributed by atoms with van der Waals surface area (Å²) in [6.45, 7) is 19.6. The second-order valence-electron chi connectivity index (χ2n) is 11.3. The summed E-state index contributed by atoms with van der Waals surface area (Å²) in [5.74, 6) is 0.596. The molecule has 204 valence electrons. The fourth-order valence-electron chi connectivity index (χ4n) is 5.35. The molecule has 0 aliphatic carbocycles. The van der Waals surface area contributed by atoms with Gasteiger partial charge in [-0.3, -0.25) is 4.79 Å². The van der Waals surface area contributed by atoms with Crippen molar-refractivity contribution in [2.24, 2.45) is 0 Å². The molecule has 2 aromatic rings. The van der Waals surface area contributed by atoms with Gasteiger partial charge in [0.25, 0.3) is 5.56 Å². The first kappa shape index (κ1) is 29.2. The predicted octanol–water partition coefficient (Wildman–Crippen LogP) is 4.95. The van der Waals surface area contributed by atoms with Gasteiger partial charge in [-0.25, -0.2) is 9.97 Å². The van der Waals surface area contributed by atoms with E-state index in [0.29, 0.717) is 36.6 Å². The van der Waals surface area contributed by atoms with Gasteiger partial charge >= 0.3 is 17.1 Å². The van der Waals surface area contributed by atoms with E-state index in [1.807, 2.05) is 39.2 Å². The molecule has 2 N–H and O–H groups in total. The van der Waals surface area contributed by atoms with Crippen LogP contribution in [0.2, 0.25) is 22.2 Å². The van der Waals surface area contributed by atoms with E-state index in [9.17, 15) is 9.59 Å². The molecule has 2 aromatic heterocycles. The molecule has 36 heavy (non-hydrogen) atoms. The third-order valence-electron chi connectivity index (χ3n) is 7.73. The molecular weight excluding hydrogens is 492 g/mol. The molecule has 3 rings (SSSR count). The fourth-order valence-corrected chi connectivity index (χ4v) is 15.3. The molecule has 0 fully saturated rings. The first-order valence-electron chi connectivity index (χ1n) is 13.5. The molecule has 1 aliphatic heterocycles. The Bertz CT molecular complexity index is 1060. The van der Waals surface area contributed by atoms with E-state index in [1.54, 1.807) is 6.33 Å². The van der Waals surface area contributed by atoms with Crippen LogP contribution in [0.25, 0.3) is 11.2 Å². The van der Waals surface area contributed by atoms with Crippen LogP contribution in [0.3, 0.4) is 0 Å². The van der Waals surface area contributed by atoms with E-state index in [4.69, 9.17) is 18.3 Å². The van der Waals surface area contributed by atoms with Crippen molar-refractivity contribution in [3.05, 3.63) is 22.5 Å². The lowest BCUT2D eigenvalue weighted by molar-refractivity contribution is 0.00785. The summed E-state index contributed by atoms with van der Waals surface area (Å²) in [6, 6.07) is 0.0982. The van der Waals surface area contributed by atoms with Gasteiger partial charge in [0.1, 0.15) is 5.82 Å². The molecule has 0 saturated heterocycles. The van der Waals surface area contributed by atoms with E-state index < -0.39 is 17.1 Å². The summed E-state index contributed by atoms with van der Waals surface area (Å²) in [4.78, 5) is 37.0. The molecular formula is C25H46N4O5Si2. The van der Waals surface area contributed by atoms with Crippen molar-refractivity contribution in [1.82, 2.24) is 19.5 Å². The van der Waals surface area contributed by atoms with Crippen molar-refractivity contribution in [3.8, 4) is 0 Å². The predicted molar refractivity (Wildman–Crippen MR) is 147 cm³/mol. The molecule has 4 atom stereocenters. The highest BCUT2D eigenvalue weighted by Gasteiger charge is 2.56. The van der Waals surface area contributed by atoms with E-state index >= 15 is 0 Å². The summed E-state index contributed by atoms with van der Waals surface area (Å²) in [6.07, 6.45) is 3.72. The molecule has 1 aliphatic rings. The van der Waals surface area contributed by atoms with Gasteiger partial charge in [0.15, 0.2) is 11.2 Å². The Morgan fingerprint density at radius 3 is 2.47 bits per heavy atom. The number of hydrogen-bond acceptors (Lipinski definition) is 7. The lowest BCUT2D eigenvalue weighted by Gasteiger charge is -2.46. The Hall–Kier alpha value is -1.38. The van der Waals surface area contributed by atoms with Crippen molar-refractivity contribution in [2.75, 3.05) is 13.2 Å². The minimum atomic E-state index is -3.15. The average Bonchev–Trinajstić information content (AvgIpc) is 3.23. The number of nitrogens with one attached hydrogen (secondary N) is 1. The topological polar surface area (TPSA) is 111 Å². The first-order chi connectivity index (χ1) is 16.9. The van der Waals surface area contributed by atoms with Crippen LogP contribution < -0.4 is 5.56 Å². The van der Waals surface area contributed by atoms with E-state index in [-0.39, 0.29) is 39.9 Å². The van der Waals surface area contributed by atoms with Crippen LogP contribution in [0.15, 0.2) is 11.1 Å². The van der Waals surface area contributed by atoms with Crippen molar-refractivity contribution in [2.45, 2.75) is 116 Å². The number of aromatic nitrogens is 4. The lowest BCUT2D eigenvalue weighted by atomic mass is 10.1. The SMILES string of the molecule is CCOC1CCC(C)n2cnc3c(=O)[nH]c(nc32)CC(C)[Si](O[Si](O)(C(C)C)C(C)C)(C(C)C)OC1. The van der Waals surface area contributed by atoms with Gasteiger partial charge in [-0.1, -0.05) is 48.5 Å². The Morgan fingerprint density at radius 2 is 1.89 bits per heavy atom. The van der Waals surface area contributed by atoms with Crippen LogP contribution in [0.1, 0.15) is 87.0 Å². The number of H-pyrrole nitrogens is 1. The Kier molecular flexibility index (Phi) is 9.38. The normalized spacial score (nSPS) is 26.5. The number of fused-ring (bicyclic) bond motifs is 1. The Labute approximate surface area is 217 Å². The fraction of sp³-hybridized carbons (Fsp3) is 0.800. The summed E-state index contributed by atoms with van der Waals surface area (Å²) in [5, 5.41) is 0. The smallest absolute Gasteiger partial charge is 0.335 e. The standard InChI is InChI=1S/C25H46N4O5Si2/c1-10-32-21-12-11-19(8)29-15-26-23-24(29)27-22(28-25(23)30)13-20(9)36(18(6)7,33-14-21)34-35(31,16(2)3)17(4)5/h15-21,31H,10-14H2,1-9H3,(H,27,28,30). The van der Waals surface area contributed by atoms with Gasteiger partial charge in [-0.05, 0) is 43.3 Å². The first-order valence-corrected chi connectivity index (χ1v) is 17.5. The quantitative estimate of drug-likeness (QED) is 0.480. The van der Waals surface area contributed by atoms with E-state index in [0.717, 1.165) is 12.8 Å². The second kappa shape index (κ2) is 11.6. The van der Waals surface area contributed by atoms with Crippen molar-refractivity contribution >= 4 is 28.3 Å². The average molecular weight is 539 g/mol. The van der Waals surface area contributed by atoms with Gasteiger partial charge in [0, 0.05) is 24.6 Å². The number of ether oxygens (including phenoxy) is 1. The molecule has 0 saturated carbocycles. The lowest BCUT2D eigenvalue weighted by Crippen LogP contribution is -2.61. The highest BCUT2D eigenvalue weighted by atomic mass is 28.5. The van der Waals surface area contributed by atoms with Crippen LogP contribution in [0, 0.1) is 0 Å². The maximum absolute atomic E-state index is 12.9. The van der Waals surface area contributed by atoms with Gasteiger partial charge in [0.05, 0.1) is 19.0 Å². The molecule has 0 radical (unpaired) electrons. The second-order valence-corrected chi connectivity index (χ2v) is 19.8. The number of hydrogen-bond donors (Lipinski definition) is 2. The van der Waals surface area contributed by atoms with Gasteiger partial charge < -0.3 is 27.6 Å². The number of aromatic amines is 1. The summed E-state index contributed by atoms with van der Waals surface area (Å²) < 4.78 is 22.0. The van der Waals surface area contributed by atoms with Gasteiger partial charge in [0.2, 0.25) is 0 Å². The Morgan fingerprint density at radius 1 is 1.22 bits per heavy atom. The monoisotopic (exact) mass is 538 g/mol.